The van der Waals surface area contributed by atoms with Gasteiger partial charge in [0.2, 0.25) is 0 Å². The highest BCUT2D eigenvalue weighted by Gasteiger charge is 2.19. The summed E-state index contributed by atoms with van der Waals surface area (Å²) < 4.78 is 13.8. The van der Waals surface area contributed by atoms with Crippen LogP contribution in [0.15, 0.2) is 370 Å². The van der Waals surface area contributed by atoms with Crippen LogP contribution < -0.4 is 0 Å². The predicted octanol–water partition coefficient (Wildman–Crippen LogP) is 26.7. The van der Waals surface area contributed by atoms with Crippen LogP contribution in [0.1, 0.15) is 0 Å². The summed E-state index contributed by atoms with van der Waals surface area (Å²) in [7, 11) is 0. The highest BCUT2D eigenvalue weighted by atomic mass is 79.9. The Morgan fingerprint density at radius 2 is 0.438 bits per heavy atom. The Labute approximate surface area is 589 Å². The molecule has 0 atom stereocenters. The Morgan fingerprint density at radius 1 is 0.167 bits per heavy atom. The molecule has 96 heavy (non-hydrogen) atoms. The number of halogens is 4. The molecule has 0 saturated heterocycles. The van der Waals surface area contributed by atoms with Gasteiger partial charge in [-0.3, -0.25) is 0 Å². The molecule has 19 aromatic rings. The van der Waals surface area contributed by atoms with Crippen molar-refractivity contribution in [2.45, 2.75) is 0 Å². The lowest BCUT2D eigenvalue weighted by Gasteiger charge is -2.11. The van der Waals surface area contributed by atoms with E-state index in [9.17, 15) is 0 Å². The Hall–Kier alpha value is -10.3. The van der Waals surface area contributed by atoms with Crippen molar-refractivity contribution in [2.24, 2.45) is 0 Å². The first-order chi connectivity index (χ1) is 47.3. The van der Waals surface area contributed by atoms with Gasteiger partial charge in [-0.15, -0.1) is 0 Å². The molecule has 8 heteroatoms. The summed E-state index contributed by atoms with van der Waals surface area (Å²) in [5.41, 5.74) is 19.4. The van der Waals surface area contributed by atoms with E-state index in [0.29, 0.717) is 0 Å². The highest BCUT2D eigenvalue weighted by molar-refractivity contribution is 9.11. The molecular formula is C88H58Br4N4. The lowest BCUT2D eigenvalue weighted by atomic mass is 10.1. The molecular weight excluding hydrogens is 1430 g/mol. The lowest BCUT2D eigenvalue weighted by Crippen LogP contribution is -1.94. The zero-order valence-corrected chi connectivity index (χ0v) is 58.1. The maximum atomic E-state index is 3.77. The van der Waals surface area contributed by atoms with Gasteiger partial charge in [-0.05, 0) is 194 Å². The van der Waals surface area contributed by atoms with Crippen LogP contribution in [0.2, 0.25) is 0 Å². The fourth-order valence-electron chi connectivity index (χ4n) is 13.8. The van der Waals surface area contributed by atoms with Crippen molar-refractivity contribution >= 4 is 162 Å². The predicted molar refractivity (Wildman–Crippen MR) is 422 cm³/mol. The highest BCUT2D eigenvalue weighted by Crippen LogP contribution is 2.41. The van der Waals surface area contributed by atoms with E-state index in [1.807, 2.05) is 12.1 Å². The average molecular weight is 1490 g/mol. The van der Waals surface area contributed by atoms with Gasteiger partial charge in [-0.1, -0.05) is 255 Å². The van der Waals surface area contributed by atoms with E-state index in [1.165, 1.54) is 143 Å². The Morgan fingerprint density at radius 3 is 0.865 bits per heavy atom. The van der Waals surface area contributed by atoms with Crippen molar-refractivity contribution in [3.63, 3.8) is 0 Å². The molecule has 0 bridgehead atoms. The van der Waals surface area contributed by atoms with Gasteiger partial charge in [-0.2, -0.15) is 0 Å². The molecule has 458 valence electrons. The number of hydrogen-bond donors (Lipinski definition) is 0. The van der Waals surface area contributed by atoms with Gasteiger partial charge < -0.3 is 18.3 Å². The molecule has 0 radical (unpaired) electrons. The molecule has 0 unspecified atom stereocenters. The van der Waals surface area contributed by atoms with Crippen LogP contribution in [-0.2, 0) is 0 Å². The largest absolute Gasteiger partial charge is 0.308 e. The summed E-state index contributed by atoms with van der Waals surface area (Å²) in [6.07, 6.45) is 0. The average Bonchev–Trinajstić information content (AvgIpc) is 1.63. The van der Waals surface area contributed by atoms with E-state index < -0.39 is 0 Å². The number of nitrogens with zero attached hydrogens (tertiary/aromatic N) is 4. The van der Waals surface area contributed by atoms with Crippen molar-refractivity contribution in [2.75, 3.05) is 0 Å². The van der Waals surface area contributed by atoms with E-state index in [-0.39, 0.29) is 0 Å². The minimum absolute atomic E-state index is 1.11. The lowest BCUT2D eigenvalue weighted by molar-refractivity contribution is 1.18. The van der Waals surface area contributed by atoms with Crippen LogP contribution in [0.5, 0.6) is 0 Å². The third-order valence-electron chi connectivity index (χ3n) is 18.0. The van der Waals surface area contributed by atoms with Gasteiger partial charge in [-0.25, -0.2) is 0 Å². The summed E-state index contributed by atoms with van der Waals surface area (Å²) in [5.74, 6) is 0. The normalized spacial score (nSPS) is 11.3. The standard InChI is InChI=1S/2C24H16BrN.C22H14BrN.C18H12BrN/c25-22-14-7-13-21-20-12-4-5-15-23(20)26(24(21)22)19-11-6-10-18(16-19)17-8-2-1-3-9-17;25-22-11-6-10-21-20-9-4-5-12-23(20)26(24(21)22)19-15-13-18(14-16-19)17-7-2-1-3-8-17;23-20-10-5-9-19-18-8-3-4-11-21(18)24(22(19)20)17-13-12-15-6-1-2-7-16(15)14-17;19-16-11-6-10-15-14-9-4-5-12-17(14)20(18(15)16)13-7-2-1-3-8-13/h2*1-16H;1-14H;1-12H. The van der Waals surface area contributed by atoms with E-state index in [2.05, 4.69) is 422 Å². The monoisotopic (exact) mass is 1490 g/mol. The van der Waals surface area contributed by atoms with E-state index in [1.54, 1.807) is 0 Å². The van der Waals surface area contributed by atoms with Crippen molar-refractivity contribution in [3.05, 3.63) is 370 Å². The molecule has 4 heterocycles. The number of benzene rings is 15. The SMILES string of the molecule is Brc1cccc2c3ccccc3n(-c3ccc(-c4ccccc4)cc3)c12.Brc1cccc2c3ccccc3n(-c3ccc4ccccc4c3)c12.Brc1cccc2c3ccccc3n(-c3cccc(-c4ccccc4)c3)c12.Brc1cccc2c3ccccc3n(-c3ccccc3)c12. The number of hydrogen-bond acceptors (Lipinski definition) is 0. The minimum Gasteiger partial charge on any atom is -0.308 e. The maximum Gasteiger partial charge on any atom is 0.0683 e. The molecule has 0 spiro atoms. The third-order valence-corrected chi connectivity index (χ3v) is 20.6. The summed E-state index contributed by atoms with van der Waals surface area (Å²) in [6.45, 7) is 0. The first kappa shape index (κ1) is 60.6. The van der Waals surface area contributed by atoms with Gasteiger partial charge in [0.15, 0.2) is 0 Å². The Bertz CT molecular complexity index is 6070. The molecule has 0 aliphatic carbocycles. The Balaban J connectivity index is 0.000000101. The van der Waals surface area contributed by atoms with Crippen LogP contribution in [-0.4, -0.2) is 18.3 Å². The summed E-state index contributed by atoms with van der Waals surface area (Å²) in [4.78, 5) is 0. The van der Waals surface area contributed by atoms with Crippen LogP contribution in [0.4, 0.5) is 0 Å². The molecule has 15 aromatic carbocycles. The van der Waals surface area contributed by atoms with Crippen LogP contribution in [0, 0.1) is 0 Å². The zero-order valence-electron chi connectivity index (χ0n) is 51.8. The minimum atomic E-state index is 1.11. The fourth-order valence-corrected chi connectivity index (χ4v) is 15.9. The van der Waals surface area contributed by atoms with Crippen molar-refractivity contribution in [1.29, 1.82) is 0 Å². The third kappa shape index (κ3) is 11.2. The maximum absolute atomic E-state index is 3.77. The first-order valence-electron chi connectivity index (χ1n) is 31.9. The molecule has 0 aliphatic rings. The summed E-state index contributed by atoms with van der Waals surface area (Å²) >= 11 is 15.0. The van der Waals surface area contributed by atoms with Crippen LogP contribution in [0.3, 0.4) is 0 Å². The second kappa shape index (κ2) is 26.5. The molecule has 0 N–H and O–H groups in total. The van der Waals surface area contributed by atoms with Crippen molar-refractivity contribution in [3.8, 4) is 45.0 Å². The number of para-hydroxylation sites is 9. The summed E-state index contributed by atoms with van der Waals surface area (Å²) in [5, 5.41) is 12.7. The van der Waals surface area contributed by atoms with Gasteiger partial charge in [0.25, 0.3) is 0 Å². The van der Waals surface area contributed by atoms with Crippen LogP contribution in [0.25, 0.3) is 143 Å². The molecule has 0 amide bonds. The van der Waals surface area contributed by atoms with Crippen LogP contribution >= 0.6 is 63.7 Å². The summed E-state index contributed by atoms with van der Waals surface area (Å²) in [6, 6.07) is 124. The molecule has 0 aliphatic heterocycles. The number of fused-ring (bicyclic) bond motifs is 13. The van der Waals surface area contributed by atoms with Crippen molar-refractivity contribution < 1.29 is 0 Å². The van der Waals surface area contributed by atoms with Crippen molar-refractivity contribution in [1.82, 2.24) is 18.3 Å². The van der Waals surface area contributed by atoms with E-state index >= 15 is 0 Å². The molecule has 4 aromatic heterocycles. The van der Waals surface area contributed by atoms with Gasteiger partial charge in [0.1, 0.15) is 0 Å². The second-order valence-electron chi connectivity index (χ2n) is 23.7. The molecule has 0 fully saturated rings. The van der Waals surface area contributed by atoms with Gasteiger partial charge in [0.05, 0.1) is 44.1 Å². The molecule has 4 nitrogen and oxygen atoms in total. The second-order valence-corrected chi connectivity index (χ2v) is 27.1. The molecule has 0 saturated carbocycles. The first-order valence-corrected chi connectivity index (χ1v) is 35.1. The smallest absolute Gasteiger partial charge is 0.0683 e. The van der Waals surface area contributed by atoms with Gasteiger partial charge >= 0.3 is 0 Å². The quantitative estimate of drug-likeness (QED) is 0.158. The van der Waals surface area contributed by atoms with E-state index in [0.717, 1.165) is 17.9 Å². The number of aromatic nitrogens is 4. The Kier molecular flexibility index (Phi) is 16.7. The zero-order chi connectivity index (χ0) is 64.6. The molecule has 19 rings (SSSR count). The fraction of sp³-hybridized carbons (Fsp3) is 0. The number of rotatable bonds is 6. The van der Waals surface area contributed by atoms with E-state index in [4.69, 9.17) is 0 Å². The topological polar surface area (TPSA) is 19.7 Å². The van der Waals surface area contributed by atoms with Gasteiger partial charge in [0, 0.05) is 83.7 Å².